The molecular formula is C27H37BrO6. The van der Waals surface area contributed by atoms with Crippen molar-refractivity contribution in [1.82, 2.24) is 0 Å². The predicted molar refractivity (Wildman–Crippen MR) is 131 cm³/mol. The molecule has 0 radical (unpaired) electrons. The highest BCUT2D eigenvalue weighted by Crippen LogP contribution is 2.72. The van der Waals surface area contributed by atoms with Gasteiger partial charge in [-0.25, -0.2) is 0 Å². The zero-order valence-electron chi connectivity index (χ0n) is 20.6. The molecule has 0 aromatic rings. The van der Waals surface area contributed by atoms with Crippen LogP contribution in [0.1, 0.15) is 72.6 Å². The first kappa shape index (κ1) is 25.8. The van der Waals surface area contributed by atoms with E-state index in [0.717, 1.165) is 24.8 Å². The minimum Gasteiger partial charge on any atom is -0.450 e. The molecule has 0 bridgehead atoms. The summed E-state index contributed by atoms with van der Waals surface area (Å²) in [7, 11) is 0. The first-order valence-corrected chi connectivity index (χ1v) is 13.4. The molecule has 4 rings (SSSR count). The van der Waals surface area contributed by atoms with Crippen molar-refractivity contribution < 1.29 is 29.3 Å². The summed E-state index contributed by atoms with van der Waals surface area (Å²) in [4.78, 5) is 38.4. The van der Waals surface area contributed by atoms with Gasteiger partial charge in [0, 0.05) is 23.2 Å². The van der Waals surface area contributed by atoms with E-state index in [9.17, 15) is 24.6 Å². The Labute approximate surface area is 210 Å². The summed E-state index contributed by atoms with van der Waals surface area (Å²) in [5.41, 5.74) is -1.81. The zero-order chi connectivity index (χ0) is 25.1. The lowest BCUT2D eigenvalue weighted by Gasteiger charge is -2.64. The number of alkyl halides is 1. The number of allylic oxidation sites excluding steroid dienone is 4. The normalized spacial score (nSPS) is 45.1. The minimum atomic E-state index is -1.47. The Bertz CT molecular complexity index is 957. The lowest BCUT2D eigenvalue weighted by atomic mass is 9.46. The summed E-state index contributed by atoms with van der Waals surface area (Å²) in [6.07, 6.45) is 8.49. The van der Waals surface area contributed by atoms with Gasteiger partial charge >= 0.3 is 5.97 Å². The van der Waals surface area contributed by atoms with Crippen molar-refractivity contribution in [3.05, 3.63) is 23.8 Å². The molecule has 0 aromatic carbocycles. The van der Waals surface area contributed by atoms with Crippen molar-refractivity contribution in [3.8, 4) is 0 Å². The third-order valence-corrected chi connectivity index (χ3v) is 11.7. The molecule has 0 heterocycles. The van der Waals surface area contributed by atoms with Gasteiger partial charge in [-0.3, -0.25) is 14.4 Å². The molecule has 34 heavy (non-hydrogen) atoms. The molecule has 3 fully saturated rings. The summed E-state index contributed by atoms with van der Waals surface area (Å²) in [6, 6.07) is 0. The molecule has 4 aliphatic rings. The molecule has 0 spiro atoms. The van der Waals surface area contributed by atoms with E-state index in [1.54, 1.807) is 12.2 Å². The molecule has 188 valence electrons. The number of rotatable bonds is 6. The van der Waals surface area contributed by atoms with Crippen LogP contribution in [0.4, 0.5) is 0 Å². The summed E-state index contributed by atoms with van der Waals surface area (Å²) in [5, 5.41) is 21.8. The van der Waals surface area contributed by atoms with Crippen molar-refractivity contribution in [2.45, 2.75) is 88.7 Å². The van der Waals surface area contributed by atoms with Crippen LogP contribution in [0.15, 0.2) is 23.8 Å². The Morgan fingerprint density at radius 3 is 2.62 bits per heavy atom. The number of esters is 1. The van der Waals surface area contributed by atoms with E-state index in [1.165, 1.54) is 0 Å². The van der Waals surface area contributed by atoms with E-state index < -0.39 is 45.2 Å². The fourth-order valence-electron chi connectivity index (χ4n) is 8.07. The molecule has 2 unspecified atom stereocenters. The standard InChI is InChI=1S/C27H37BrO6/c1-5-6-7-23(33)34-27(22(32)15-29)16(2)12-20-19-9-8-17-13-18(30)10-11-24(17,3)26(19,28)21(31)14-25(20,27)4/h10-11,13,16,19-21,29,31H,5-9,12,14-15H2,1-4H3/t16-,19?,20?,21-,24-,25-,26-,27-/m0/s1. The van der Waals surface area contributed by atoms with Crippen molar-refractivity contribution in [2.75, 3.05) is 6.61 Å². The first-order chi connectivity index (χ1) is 15.9. The largest absolute Gasteiger partial charge is 0.450 e. The van der Waals surface area contributed by atoms with Gasteiger partial charge in [-0.05, 0) is 56.1 Å². The fourth-order valence-corrected chi connectivity index (χ4v) is 9.16. The number of halogens is 1. The number of unbranched alkanes of at least 4 members (excludes halogenated alkanes) is 1. The molecule has 0 aliphatic heterocycles. The van der Waals surface area contributed by atoms with Crippen molar-refractivity contribution in [3.63, 3.8) is 0 Å². The maximum atomic E-state index is 13.4. The summed E-state index contributed by atoms with van der Waals surface area (Å²) >= 11 is 4.02. The smallest absolute Gasteiger partial charge is 0.306 e. The van der Waals surface area contributed by atoms with Crippen LogP contribution in [0.25, 0.3) is 0 Å². The van der Waals surface area contributed by atoms with Crippen LogP contribution >= 0.6 is 15.9 Å². The second-order valence-corrected chi connectivity index (χ2v) is 12.6. The number of aliphatic hydroxyl groups excluding tert-OH is 2. The minimum absolute atomic E-state index is 0.00795. The number of Topliss-reactive ketones (excluding diaryl/α,β-unsaturated/α-hetero) is 1. The monoisotopic (exact) mass is 536 g/mol. The number of carbonyl (C=O) groups excluding carboxylic acids is 3. The SMILES string of the molecule is CCCCC(=O)O[C@]1(C(=O)CO)[C@@H](C)CC2C3CCC4=CC(=O)C=C[C@]4(C)[C@@]3(Br)[C@@H](O)C[C@@]21C. The van der Waals surface area contributed by atoms with Crippen molar-refractivity contribution in [2.24, 2.45) is 28.6 Å². The van der Waals surface area contributed by atoms with Crippen LogP contribution in [0, 0.1) is 28.6 Å². The third kappa shape index (κ3) is 3.22. The second-order valence-electron chi connectivity index (χ2n) is 11.3. The average molecular weight is 537 g/mol. The number of hydrogen-bond donors (Lipinski definition) is 2. The summed E-state index contributed by atoms with van der Waals surface area (Å²) in [5.74, 6) is -1.23. The maximum absolute atomic E-state index is 13.4. The van der Waals surface area contributed by atoms with E-state index >= 15 is 0 Å². The van der Waals surface area contributed by atoms with Crippen LogP contribution in [-0.4, -0.2) is 50.4 Å². The maximum Gasteiger partial charge on any atom is 0.306 e. The molecule has 0 aromatic heterocycles. The Morgan fingerprint density at radius 2 is 1.97 bits per heavy atom. The lowest BCUT2D eigenvalue weighted by Crippen LogP contribution is -2.69. The van der Waals surface area contributed by atoms with E-state index in [1.807, 2.05) is 26.8 Å². The molecule has 0 amide bonds. The van der Waals surface area contributed by atoms with Crippen LogP contribution < -0.4 is 0 Å². The summed E-state index contributed by atoms with van der Waals surface area (Å²) < 4.78 is 5.39. The Kier molecular flexibility index (Phi) is 6.57. The number of carbonyl (C=O) groups is 3. The molecule has 4 aliphatic carbocycles. The number of ether oxygens (including phenoxy) is 1. The van der Waals surface area contributed by atoms with Gasteiger partial charge in [0.25, 0.3) is 0 Å². The highest BCUT2D eigenvalue weighted by atomic mass is 79.9. The fraction of sp³-hybridized carbons (Fsp3) is 0.741. The number of ketones is 2. The van der Waals surface area contributed by atoms with Gasteiger partial charge in [-0.1, -0.05) is 61.7 Å². The molecule has 0 saturated heterocycles. The van der Waals surface area contributed by atoms with Gasteiger partial charge < -0.3 is 14.9 Å². The number of fused-ring (bicyclic) bond motifs is 5. The Hall–Kier alpha value is -1.31. The molecule has 7 heteroatoms. The zero-order valence-corrected chi connectivity index (χ0v) is 22.2. The number of aliphatic hydroxyl groups is 2. The van der Waals surface area contributed by atoms with Crippen molar-refractivity contribution in [1.29, 1.82) is 0 Å². The van der Waals surface area contributed by atoms with Gasteiger partial charge in [-0.2, -0.15) is 0 Å². The van der Waals surface area contributed by atoms with Crippen LogP contribution in [0.5, 0.6) is 0 Å². The van der Waals surface area contributed by atoms with Gasteiger partial charge in [0.1, 0.15) is 6.61 Å². The molecule has 3 saturated carbocycles. The summed E-state index contributed by atoms with van der Waals surface area (Å²) in [6.45, 7) is 7.25. The van der Waals surface area contributed by atoms with Gasteiger partial charge in [0.2, 0.25) is 5.78 Å². The average Bonchev–Trinajstić information content (AvgIpc) is 3.00. The van der Waals surface area contributed by atoms with Crippen LogP contribution in [-0.2, 0) is 19.1 Å². The predicted octanol–water partition coefficient (Wildman–Crippen LogP) is 4.06. The highest BCUT2D eigenvalue weighted by Gasteiger charge is 2.76. The van der Waals surface area contributed by atoms with Crippen LogP contribution in [0.3, 0.4) is 0 Å². The molecule has 8 atom stereocenters. The van der Waals surface area contributed by atoms with Crippen molar-refractivity contribution >= 4 is 33.5 Å². The van der Waals surface area contributed by atoms with Gasteiger partial charge in [0.15, 0.2) is 11.4 Å². The van der Waals surface area contributed by atoms with E-state index in [4.69, 9.17) is 4.74 Å². The Morgan fingerprint density at radius 1 is 1.26 bits per heavy atom. The van der Waals surface area contributed by atoms with E-state index in [0.29, 0.717) is 12.8 Å². The van der Waals surface area contributed by atoms with E-state index in [2.05, 4.69) is 22.9 Å². The lowest BCUT2D eigenvalue weighted by molar-refractivity contribution is -0.202. The first-order valence-electron chi connectivity index (χ1n) is 12.6. The highest BCUT2D eigenvalue weighted by molar-refractivity contribution is 9.10. The molecular weight excluding hydrogens is 500 g/mol. The topological polar surface area (TPSA) is 101 Å². The second kappa shape index (κ2) is 8.67. The third-order valence-electron chi connectivity index (χ3n) is 9.75. The van der Waals surface area contributed by atoms with Gasteiger partial charge in [0.05, 0.1) is 10.4 Å². The number of hydrogen-bond acceptors (Lipinski definition) is 6. The van der Waals surface area contributed by atoms with E-state index in [-0.39, 0.29) is 36.4 Å². The molecule has 2 N–H and O–H groups in total. The Balaban J connectivity index is 1.80. The quantitative estimate of drug-likeness (QED) is 0.392. The molecule has 6 nitrogen and oxygen atoms in total. The van der Waals surface area contributed by atoms with Crippen LogP contribution in [0.2, 0.25) is 0 Å². The van der Waals surface area contributed by atoms with Gasteiger partial charge in [-0.15, -0.1) is 0 Å².